The third kappa shape index (κ3) is 4.58. The molecule has 98 valence electrons. The predicted octanol–water partition coefficient (Wildman–Crippen LogP) is -0.482. The van der Waals surface area contributed by atoms with Crippen molar-refractivity contribution in [2.45, 2.75) is 12.5 Å². The Morgan fingerprint density at radius 2 is 2.35 bits per heavy atom. The minimum absolute atomic E-state index is 0.0887. The topological polar surface area (TPSA) is 88.1 Å². The van der Waals surface area contributed by atoms with Crippen LogP contribution in [0.5, 0.6) is 0 Å². The number of aliphatic carboxylic acids is 1. The maximum Gasteiger partial charge on any atom is 0.334 e. The molecule has 0 aliphatic carbocycles. The summed E-state index contributed by atoms with van der Waals surface area (Å²) in [6.07, 6.45) is -0.192. The van der Waals surface area contributed by atoms with E-state index >= 15 is 0 Å². The Hall–Kier alpha value is -1.34. The van der Waals surface area contributed by atoms with Gasteiger partial charge in [0, 0.05) is 26.8 Å². The summed E-state index contributed by atoms with van der Waals surface area (Å²) in [5.41, 5.74) is 0. The van der Waals surface area contributed by atoms with Crippen molar-refractivity contribution in [3.05, 3.63) is 0 Å². The molecule has 1 rings (SSSR count). The van der Waals surface area contributed by atoms with Gasteiger partial charge in [-0.1, -0.05) is 0 Å². The summed E-state index contributed by atoms with van der Waals surface area (Å²) in [4.78, 5) is 23.8. The van der Waals surface area contributed by atoms with Crippen LogP contribution in [0, 0.1) is 0 Å². The first-order chi connectivity index (χ1) is 8.15. The van der Waals surface area contributed by atoms with Gasteiger partial charge < -0.3 is 24.8 Å². The maximum atomic E-state index is 11.7. The summed E-state index contributed by atoms with van der Waals surface area (Å²) in [5.74, 6) is -1.04. The van der Waals surface area contributed by atoms with Gasteiger partial charge in [0.05, 0.1) is 13.2 Å². The molecule has 0 saturated carbocycles. The van der Waals surface area contributed by atoms with Crippen molar-refractivity contribution < 1.29 is 24.2 Å². The van der Waals surface area contributed by atoms with E-state index in [4.69, 9.17) is 14.6 Å². The number of hydrogen-bond donors (Lipinski definition) is 2. The number of amides is 2. The molecular formula is C10H18N2O5. The second kappa shape index (κ2) is 7.08. The Morgan fingerprint density at radius 1 is 1.59 bits per heavy atom. The number of methoxy groups -OCH3 is 1. The molecule has 1 unspecified atom stereocenters. The summed E-state index contributed by atoms with van der Waals surface area (Å²) in [6.45, 7) is 1.86. The lowest BCUT2D eigenvalue weighted by molar-refractivity contribution is -0.154. The van der Waals surface area contributed by atoms with Crippen LogP contribution in [-0.2, 0) is 14.3 Å². The first-order valence-corrected chi connectivity index (χ1v) is 5.51. The Balaban J connectivity index is 2.28. The van der Waals surface area contributed by atoms with Crippen LogP contribution in [0.4, 0.5) is 4.79 Å². The average Bonchev–Trinajstić information content (AvgIpc) is 2.34. The van der Waals surface area contributed by atoms with Crippen molar-refractivity contribution in [2.24, 2.45) is 0 Å². The van der Waals surface area contributed by atoms with Crippen LogP contribution in [0.3, 0.4) is 0 Å². The lowest BCUT2D eigenvalue weighted by atomic mass is 10.3. The van der Waals surface area contributed by atoms with E-state index in [1.54, 1.807) is 7.11 Å². The Bertz CT molecular complexity index is 271. The van der Waals surface area contributed by atoms with Crippen LogP contribution in [0.2, 0.25) is 0 Å². The largest absolute Gasteiger partial charge is 0.479 e. The summed E-state index contributed by atoms with van der Waals surface area (Å²) < 4.78 is 9.88. The number of carboxylic acid groups (broad SMARTS) is 1. The Morgan fingerprint density at radius 3 is 3.00 bits per heavy atom. The average molecular weight is 246 g/mol. The number of urea groups is 1. The van der Waals surface area contributed by atoms with Gasteiger partial charge in [-0.2, -0.15) is 0 Å². The zero-order valence-corrected chi connectivity index (χ0v) is 9.85. The molecule has 1 fully saturated rings. The standard InChI is InChI=1S/C10H18N2O5/c1-16-5-2-3-11-10(15)12-4-6-17-8(7-12)9(13)14/h8H,2-7H2,1H3,(H,11,15)(H,13,14). The fraction of sp³-hybridized carbons (Fsp3) is 0.800. The molecule has 0 aromatic carbocycles. The van der Waals surface area contributed by atoms with Crippen molar-refractivity contribution in [1.29, 1.82) is 0 Å². The van der Waals surface area contributed by atoms with Gasteiger partial charge in [0.2, 0.25) is 0 Å². The smallest absolute Gasteiger partial charge is 0.334 e. The zero-order chi connectivity index (χ0) is 12.7. The number of nitrogens with one attached hydrogen (secondary N) is 1. The highest BCUT2D eigenvalue weighted by molar-refractivity contribution is 5.77. The lowest BCUT2D eigenvalue weighted by Crippen LogP contribution is -2.51. The van der Waals surface area contributed by atoms with Gasteiger partial charge >= 0.3 is 12.0 Å². The second-order valence-electron chi connectivity index (χ2n) is 3.72. The normalized spacial score (nSPS) is 20.1. The summed E-state index contributed by atoms with van der Waals surface area (Å²) >= 11 is 0. The van der Waals surface area contributed by atoms with Crippen molar-refractivity contribution >= 4 is 12.0 Å². The minimum Gasteiger partial charge on any atom is -0.479 e. The van der Waals surface area contributed by atoms with Gasteiger partial charge in [0.15, 0.2) is 6.10 Å². The maximum absolute atomic E-state index is 11.7. The van der Waals surface area contributed by atoms with Gasteiger partial charge in [0.25, 0.3) is 0 Å². The van der Waals surface area contributed by atoms with Crippen LogP contribution < -0.4 is 5.32 Å². The number of nitrogens with zero attached hydrogens (tertiary/aromatic N) is 1. The van der Waals surface area contributed by atoms with E-state index in [-0.39, 0.29) is 19.2 Å². The lowest BCUT2D eigenvalue weighted by Gasteiger charge is -2.30. The number of carboxylic acids is 1. The summed E-state index contributed by atoms with van der Waals surface area (Å²) in [7, 11) is 1.60. The van der Waals surface area contributed by atoms with Crippen LogP contribution in [0.15, 0.2) is 0 Å². The first kappa shape index (κ1) is 13.7. The predicted molar refractivity (Wildman–Crippen MR) is 58.8 cm³/mol. The van der Waals surface area contributed by atoms with E-state index in [0.29, 0.717) is 19.7 Å². The molecule has 0 radical (unpaired) electrons. The van der Waals surface area contributed by atoms with Gasteiger partial charge in [0.1, 0.15) is 0 Å². The number of carbonyl (C=O) groups is 2. The SMILES string of the molecule is COCCCNC(=O)N1CCOC(C(=O)O)C1. The highest BCUT2D eigenvalue weighted by atomic mass is 16.5. The Kier molecular flexibility index (Phi) is 5.71. The molecule has 1 aliphatic rings. The van der Waals surface area contributed by atoms with Crippen molar-refractivity contribution in [2.75, 3.05) is 40.0 Å². The first-order valence-electron chi connectivity index (χ1n) is 5.51. The molecule has 1 saturated heterocycles. The van der Waals surface area contributed by atoms with Crippen molar-refractivity contribution in [1.82, 2.24) is 10.2 Å². The van der Waals surface area contributed by atoms with E-state index in [9.17, 15) is 9.59 Å². The molecule has 0 spiro atoms. The molecule has 1 heterocycles. The number of hydrogen-bond acceptors (Lipinski definition) is 4. The van der Waals surface area contributed by atoms with E-state index in [1.165, 1.54) is 4.90 Å². The number of ether oxygens (including phenoxy) is 2. The third-order valence-corrected chi connectivity index (χ3v) is 2.43. The van der Waals surface area contributed by atoms with E-state index in [2.05, 4.69) is 5.32 Å². The monoisotopic (exact) mass is 246 g/mol. The fourth-order valence-electron chi connectivity index (χ4n) is 1.51. The van der Waals surface area contributed by atoms with Gasteiger partial charge in [-0.3, -0.25) is 0 Å². The van der Waals surface area contributed by atoms with Crippen molar-refractivity contribution in [3.63, 3.8) is 0 Å². The molecule has 1 atom stereocenters. The molecule has 7 heteroatoms. The number of morpholine rings is 1. The molecule has 2 N–H and O–H groups in total. The molecule has 0 aromatic rings. The zero-order valence-electron chi connectivity index (χ0n) is 9.85. The Labute approximate surface area is 99.7 Å². The van der Waals surface area contributed by atoms with E-state index < -0.39 is 12.1 Å². The molecule has 0 bridgehead atoms. The minimum atomic E-state index is -1.04. The molecule has 17 heavy (non-hydrogen) atoms. The third-order valence-electron chi connectivity index (χ3n) is 2.43. The van der Waals surface area contributed by atoms with Crippen LogP contribution in [-0.4, -0.2) is 68.1 Å². The van der Waals surface area contributed by atoms with E-state index in [0.717, 1.165) is 6.42 Å². The van der Waals surface area contributed by atoms with Crippen LogP contribution >= 0.6 is 0 Å². The molecule has 0 aromatic heterocycles. The molecule has 2 amide bonds. The molecule has 7 nitrogen and oxygen atoms in total. The van der Waals surface area contributed by atoms with Gasteiger partial charge in [-0.05, 0) is 6.42 Å². The molecular weight excluding hydrogens is 228 g/mol. The van der Waals surface area contributed by atoms with Crippen LogP contribution in [0.25, 0.3) is 0 Å². The fourth-order valence-corrected chi connectivity index (χ4v) is 1.51. The number of rotatable bonds is 5. The number of carbonyl (C=O) groups excluding carboxylic acids is 1. The van der Waals surface area contributed by atoms with Gasteiger partial charge in [-0.15, -0.1) is 0 Å². The quantitative estimate of drug-likeness (QED) is 0.639. The van der Waals surface area contributed by atoms with Crippen LogP contribution in [0.1, 0.15) is 6.42 Å². The molecule has 1 aliphatic heterocycles. The van der Waals surface area contributed by atoms with Crippen molar-refractivity contribution in [3.8, 4) is 0 Å². The second-order valence-corrected chi connectivity index (χ2v) is 3.72. The summed E-state index contributed by atoms with van der Waals surface area (Å²) in [5, 5.41) is 11.5. The highest BCUT2D eigenvalue weighted by Gasteiger charge is 2.28. The van der Waals surface area contributed by atoms with Gasteiger partial charge in [-0.25, -0.2) is 9.59 Å². The summed E-state index contributed by atoms with van der Waals surface area (Å²) in [6, 6.07) is -0.254. The highest BCUT2D eigenvalue weighted by Crippen LogP contribution is 2.05. The van der Waals surface area contributed by atoms with E-state index in [1.807, 2.05) is 0 Å².